The van der Waals surface area contributed by atoms with Gasteiger partial charge in [-0.15, -0.1) is 10.2 Å². The fourth-order valence-electron chi connectivity index (χ4n) is 4.87. The van der Waals surface area contributed by atoms with E-state index in [1.807, 2.05) is 6.92 Å². The zero-order valence-corrected chi connectivity index (χ0v) is 23.9. The van der Waals surface area contributed by atoms with Crippen LogP contribution in [0.3, 0.4) is 0 Å². The third-order valence-electron chi connectivity index (χ3n) is 7.10. The molecule has 1 aromatic rings. The second-order valence-electron chi connectivity index (χ2n) is 10.2. The van der Waals surface area contributed by atoms with Crippen LogP contribution in [0, 0.1) is 0 Å². The first-order valence-corrected chi connectivity index (χ1v) is 15.4. The van der Waals surface area contributed by atoms with E-state index in [0.29, 0.717) is 23.2 Å². The summed E-state index contributed by atoms with van der Waals surface area (Å²) in [6.07, 6.45) is 22.8. The van der Waals surface area contributed by atoms with Gasteiger partial charge in [-0.2, -0.15) is 0 Å². The molecule has 2 rings (SSSR count). The highest BCUT2D eigenvalue weighted by molar-refractivity contribution is 7.19. The maximum absolute atomic E-state index is 12.3. The summed E-state index contributed by atoms with van der Waals surface area (Å²) in [6, 6.07) is 0.176. The second-order valence-corrected chi connectivity index (χ2v) is 11.2. The zero-order chi connectivity index (χ0) is 26.7. The molecule has 0 radical (unpaired) electrons. The molecule has 1 saturated heterocycles. The molecule has 1 aromatic heterocycles. The van der Waals surface area contributed by atoms with Crippen molar-refractivity contribution < 1.29 is 14.7 Å². The van der Waals surface area contributed by atoms with E-state index in [1.54, 1.807) is 0 Å². The summed E-state index contributed by atoms with van der Waals surface area (Å²) in [7, 11) is 0. The molecule has 0 aliphatic carbocycles. The molecule has 2 amide bonds. The number of nitrogens with one attached hydrogen (secondary N) is 2. The molecule has 37 heavy (non-hydrogen) atoms. The maximum atomic E-state index is 12.3. The molecule has 2 heterocycles. The number of carbonyl (C=O) groups excluding carboxylic acids is 1. The van der Waals surface area contributed by atoms with E-state index in [-0.39, 0.29) is 18.0 Å². The Morgan fingerprint density at radius 3 is 2.22 bits per heavy atom. The minimum atomic E-state index is -0.850. The third-order valence-corrected chi connectivity index (χ3v) is 7.87. The first kappa shape index (κ1) is 31.1. The predicted octanol–water partition coefficient (Wildman–Crippen LogP) is 7.85. The van der Waals surface area contributed by atoms with Crippen LogP contribution in [0.4, 0.5) is 15.1 Å². The molecule has 2 atom stereocenters. The number of piperidine rings is 1. The Hall–Kier alpha value is -2.16. The molecule has 8 nitrogen and oxygen atoms in total. The van der Waals surface area contributed by atoms with Crippen LogP contribution in [-0.2, 0) is 4.79 Å². The average molecular weight is 536 g/mol. The van der Waals surface area contributed by atoms with Crippen molar-refractivity contribution >= 4 is 33.6 Å². The number of hydrogen-bond donors (Lipinski definition) is 3. The molecule has 3 N–H and O–H groups in total. The number of aromatic nitrogens is 2. The number of likely N-dealkylation sites (tertiary alicyclic amines) is 1. The topological polar surface area (TPSA) is 107 Å². The van der Waals surface area contributed by atoms with Crippen LogP contribution < -0.4 is 10.6 Å². The van der Waals surface area contributed by atoms with Crippen LogP contribution in [0.1, 0.15) is 123 Å². The van der Waals surface area contributed by atoms with Crippen LogP contribution >= 0.6 is 11.3 Å². The van der Waals surface area contributed by atoms with Crippen molar-refractivity contribution in [3.05, 3.63) is 12.2 Å². The van der Waals surface area contributed by atoms with Crippen molar-refractivity contribution in [2.45, 2.75) is 135 Å². The van der Waals surface area contributed by atoms with Gasteiger partial charge in [-0.05, 0) is 51.4 Å². The van der Waals surface area contributed by atoms with E-state index in [0.717, 1.165) is 32.1 Å². The molecule has 1 aliphatic rings. The first-order valence-electron chi connectivity index (χ1n) is 14.6. The van der Waals surface area contributed by atoms with E-state index in [2.05, 4.69) is 39.9 Å². The average Bonchev–Trinajstić information content (AvgIpc) is 3.32. The second kappa shape index (κ2) is 19.0. The normalized spacial score (nSPS) is 17.8. The molecule has 9 heteroatoms. The molecular formula is C28H49N5O3S. The summed E-state index contributed by atoms with van der Waals surface area (Å²) in [4.78, 5) is 25.2. The van der Waals surface area contributed by atoms with Gasteiger partial charge in [0.1, 0.15) is 0 Å². The number of anilines is 2. The highest BCUT2D eigenvalue weighted by atomic mass is 32.1. The predicted molar refractivity (Wildman–Crippen MR) is 153 cm³/mol. The van der Waals surface area contributed by atoms with Gasteiger partial charge in [0.05, 0.1) is 0 Å². The number of amides is 2. The van der Waals surface area contributed by atoms with Gasteiger partial charge in [0.15, 0.2) is 0 Å². The van der Waals surface area contributed by atoms with Crippen molar-refractivity contribution in [3.63, 3.8) is 0 Å². The third kappa shape index (κ3) is 13.3. The van der Waals surface area contributed by atoms with Gasteiger partial charge in [-0.1, -0.05) is 88.7 Å². The maximum Gasteiger partial charge on any atom is 0.407 e. The Bertz CT molecular complexity index is 801. The summed E-state index contributed by atoms with van der Waals surface area (Å²) in [5, 5.41) is 25.0. The molecule has 1 fully saturated rings. The molecular weight excluding hydrogens is 486 g/mol. The van der Waals surface area contributed by atoms with Crippen molar-refractivity contribution in [2.24, 2.45) is 0 Å². The molecule has 0 spiro atoms. The first-order chi connectivity index (χ1) is 18.0. The lowest BCUT2D eigenvalue weighted by Gasteiger charge is -2.37. The summed E-state index contributed by atoms with van der Waals surface area (Å²) >= 11 is 1.33. The standard InChI is InChI=1S/C28H49N5O3S/c1-3-5-6-7-8-9-10-11-12-13-14-15-16-17-18-19-25(34)30-27-32-31-26(37-27)29-23-20-21-33(28(35)36)24(4-2)22-23/h11-12,23-24H,3-10,13-22H2,1-2H3,(H,29,31)(H,35,36)(H,30,32,34). The monoisotopic (exact) mass is 535 g/mol. The van der Waals surface area contributed by atoms with Gasteiger partial charge < -0.3 is 20.6 Å². The molecule has 1 aliphatic heterocycles. The summed E-state index contributed by atoms with van der Waals surface area (Å²) in [5.41, 5.74) is 0. The van der Waals surface area contributed by atoms with Crippen LogP contribution in [0.2, 0.25) is 0 Å². The molecule has 2 unspecified atom stereocenters. The van der Waals surface area contributed by atoms with Gasteiger partial charge >= 0.3 is 6.09 Å². The number of allylic oxidation sites excluding steroid dienone is 2. The Balaban J connectivity index is 1.49. The van der Waals surface area contributed by atoms with E-state index in [9.17, 15) is 14.7 Å². The van der Waals surface area contributed by atoms with E-state index in [1.165, 1.54) is 86.9 Å². The van der Waals surface area contributed by atoms with E-state index >= 15 is 0 Å². The number of rotatable bonds is 19. The van der Waals surface area contributed by atoms with Gasteiger partial charge in [0.25, 0.3) is 0 Å². The van der Waals surface area contributed by atoms with Gasteiger partial charge in [0.2, 0.25) is 16.2 Å². The van der Waals surface area contributed by atoms with Gasteiger partial charge in [-0.3, -0.25) is 4.79 Å². The van der Waals surface area contributed by atoms with Crippen LogP contribution in [0.5, 0.6) is 0 Å². The van der Waals surface area contributed by atoms with Crippen molar-refractivity contribution in [1.82, 2.24) is 15.1 Å². The number of hydrogen-bond acceptors (Lipinski definition) is 6. The van der Waals surface area contributed by atoms with Gasteiger partial charge in [-0.25, -0.2) is 4.79 Å². The largest absolute Gasteiger partial charge is 0.465 e. The highest BCUT2D eigenvalue weighted by Crippen LogP contribution is 2.26. The van der Waals surface area contributed by atoms with Crippen LogP contribution in [-0.4, -0.2) is 50.8 Å². The molecule has 0 bridgehead atoms. The van der Waals surface area contributed by atoms with Crippen LogP contribution in [0.25, 0.3) is 0 Å². The van der Waals surface area contributed by atoms with E-state index in [4.69, 9.17) is 0 Å². The molecule has 0 saturated carbocycles. The summed E-state index contributed by atoms with van der Waals surface area (Å²) < 4.78 is 0. The number of carboxylic acid groups (broad SMARTS) is 1. The number of unbranched alkanes of at least 4 members (excludes halogenated alkanes) is 11. The fourth-order valence-corrected chi connectivity index (χ4v) is 5.60. The van der Waals surface area contributed by atoms with Crippen molar-refractivity contribution in [2.75, 3.05) is 17.2 Å². The zero-order valence-electron chi connectivity index (χ0n) is 23.1. The SMILES string of the molecule is CCCCCCCCC=CCCCCCCCC(=O)Nc1nnc(NC2CCN(C(=O)O)C(CC)C2)s1. The Kier molecular flexibility index (Phi) is 15.9. The van der Waals surface area contributed by atoms with Crippen molar-refractivity contribution in [1.29, 1.82) is 0 Å². The smallest absolute Gasteiger partial charge is 0.407 e. The lowest BCUT2D eigenvalue weighted by Crippen LogP contribution is -2.48. The highest BCUT2D eigenvalue weighted by Gasteiger charge is 2.30. The van der Waals surface area contributed by atoms with Crippen molar-refractivity contribution in [3.8, 4) is 0 Å². The molecule has 210 valence electrons. The number of carbonyl (C=O) groups is 2. The summed E-state index contributed by atoms with van der Waals surface area (Å²) in [6.45, 7) is 4.79. The van der Waals surface area contributed by atoms with E-state index < -0.39 is 6.09 Å². The number of nitrogens with zero attached hydrogens (tertiary/aromatic N) is 3. The lowest BCUT2D eigenvalue weighted by atomic mass is 9.96. The molecule has 0 aromatic carbocycles. The van der Waals surface area contributed by atoms with Crippen LogP contribution in [0.15, 0.2) is 12.2 Å². The Morgan fingerprint density at radius 1 is 0.946 bits per heavy atom. The lowest BCUT2D eigenvalue weighted by molar-refractivity contribution is -0.116. The van der Waals surface area contributed by atoms with Gasteiger partial charge in [0, 0.05) is 25.0 Å². The fraction of sp³-hybridized carbons (Fsp3) is 0.786. The summed E-state index contributed by atoms with van der Waals surface area (Å²) in [5.74, 6) is -0.0128. The Labute approximate surface area is 227 Å². The quantitative estimate of drug-likeness (QED) is 0.123. The minimum Gasteiger partial charge on any atom is -0.465 e. The minimum absolute atomic E-state index is 0.0128. The Morgan fingerprint density at radius 2 is 1.57 bits per heavy atom.